The highest BCUT2D eigenvalue weighted by molar-refractivity contribution is 6.09. The fourth-order valence-electron chi connectivity index (χ4n) is 2.82. The van der Waals surface area contributed by atoms with E-state index in [4.69, 9.17) is 5.73 Å². The number of carbonyl (C=O) groups excluding carboxylic acids is 1. The number of allylic oxidation sites excluding steroid dienone is 1. The number of amides is 1. The summed E-state index contributed by atoms with van der Waals surface area (Å²) in [4.78, 5) is 17.9. The summed E-state index contributed by atoms with van der Waals surface area (Å²) in [5, 5.41) is 9.29. The molecule has 7 heteroatoms. The Bertz CT molecular complexity index is 570. The average Bonchev–Trinajstić information content (AvgIpc) is 2.94. The van der Waals surface area contributed by atoms with Crippen LogP contribution in [0, 0.1) is 0 Å². The third-order valence-corrected chi connectivity index (χ3v) is 4.13. The lowest BCUT2D eigenvalue weighted by Crippen LogP contribution is -2.54. The van der Waals surface area contributed by atoms with Crippen molar-refractivity contribution in [3.63, 3.8) is 0 Å². The highest BCUT2D eigenvalue weighted by atomic mass is 19.3. The number of nitrogens with two attached hydrogens (primary N) is 1. The van der Waals surface area contributed by atoms with Crippen LogP contribution in [0.4, 0.5) is 8.78 Å². The first-order chi connectivity index (χ1) is 10.7. The molecule has 2 aliphatic rings. The molecule has 1 saturated heterocycles. The second kappa shape index (κ2) is 6.78. The summed E-state index contributed by atoms with van der Waals surface area (Å²) in [5.41, 5.74) is 8.27. The highest BCUT2D eigenvalue weighted by Gasteiger charge is 2.45. The number of piperidine rings is 1. The Hall–Kier alpha value is -1.76. The van der Waals surface area contributed by atoms with Crippen molar-refractivity contribution in [1.29, 1.82) is 0 Å². The Balaban J connectivity index is 2.17. The second-order valence-corrected chi connectivity index (χ2v) is 6.26. The lowest BCUT2D eigenvalue weighted by molar-refractivity contribution is -0.162. The molecule has 1 aliphatic heterocycles. The van der Waals surface area contributed by atoms with Gasteiger partial charge in [-0.05, 0) is 32.6 Å². The lowest BCUT2D eigenvalue weighted by Gasteiger charge is -2.36. The van der Waals surface area contributed by atoms with Gasteiger partial charge in [0.25, 0.3) is 11.8 Å². The summed E-state index contributed by atoms with van der Waals surface area (Å²) in [5.74, 6) is -3.90. The number of aliphatic imine (C=N–C) groups is 1. The Morgan fingerprint density at radius 1 is 1.52 bits per heavy atom. The van der Waals surface area contributed by atoms with Gasteiger partial charge in [-0.15, -0.1) is 0 Å². The van der Waals surface area contributed by atoms with Crippen molar-refractivity contribution in [2.45, 2.75) is 44.6 Å². The molecule has 23 heavy (non-hydrogen) atoms. The van der Waals surface area contributed by atoms with E-state index in [1.807, 2.05) is 6.92 Å². The van der Waals surface area contributed by atoms with Crippen molar-refractivity contribution in [2.24, 2.45) is 10.7 Å². The van der Waals surface area contributed by atoms with Gasteiger partial charge in [0.15, 0.2) is 0 Å². The summed E-state index contributed by atoms with van der Waals surface area (Å²) in [6, 6.07) is 0. The van der Waals surface area contributed by atoms with Gasteiger partial charge in [-0.1, -0.05) is 12.2 Å². The Morgan fingerprint density at radius 2 is 2.22 bits per heavy atom. The van der Waals surface area contributed by atoms with E-state index in [0.29, 0.717) is 18.5 Å². The maximum absolute atomic E-state index is 13.6. The van der Waals surface area contributed by atoms with Gasteiger partial charge in [-0.3, -0.25) is 9.79 Å². The summed E-state index contributed by atoms with van der Waals surface area (Å²) in [6.07, 6.45) is 0.329. The van der Waals surface area contributed by atoms with Crippen molar-refractivity contribution < 1.29 is 18.7 Å². The molecule has 0 bridgehead atoms. The zero-order valence-corrected chi connectivity index (χ0v) is 13.3. The summed E-state index contributed by atoms with van der Waals surface area (Å²) < 4.78 is 27.2. The van der Waals surface area contributed by atoms with Crippen LogP contribution in [-0.4, -0.2) is 53.3 Å². The Morgan fingerprint density at radius 3 is 2.83 bits per heavy atom. The van der Waals surface area contributed by atoms with Crippen LogP contribution in [0.2, 0.25) is 0 Å². The molecule has 3 N–H and O–H groups in total. The fraction of sp³-hybridized carbons (Fsp3) is 0.625. The minimum atomic E-state index is -3.30. The molecule has 0 aromatic carbocycles. The van der Waals surface area contributed by atoms with E-state index >= 15 is 0 Å². The maximum atomic E-state index is 13.6. The van der Waals surface area contributed by atoms with Crippen LogP contribution in [0.15, 0.2) is 28.4 Å². The number of hydrogen-bond acceptors (Lipinski definition) is 4. The van der Waals surface area contributed by atoms with Gasteiger partial charge in [-0.25, -0.2) is 8.78 Å². The van der Waals surface area contributed by atoms with Crippen LogP contribution in [0.25, 0.3) is 0 Å². The summed E-state index contributed by atoms with van der Waals surface area (Å²) in [7, 11) is 0. The first-order valence-corrected chi connectivity index (χ1v) is 7.74. The number of nitrogens with zero attached hydrogens (tertiary/aromatic N) is 2. The van der Waals surface area contributed by atoms with E-state index in [-0.39, 0.29) is 18.7 Å². The van der Waals surface area contributed by atoms with Crippen LogP contribution in [0.5, 0.6) is 0 Å². The van der Waals surface area contributed by atoms with Crippen molar-refractivity contribution in [3.05, 3.63) is 23.4 Å². The van der Waals surface area contributed by atoms with E-state index < -0.39 is 24.5 Å². The van der Waals surface area contributed by atoms with Gasteiger partial charge in [0.05, 0.1) is 13.1 Å². The van der Waals surface area contributed by atoms with E-state index in [1.54, 1.807) is 0 Å². The number of rotatable bonds is 3. The summed E-state index contributed by atoms with van der Waals surface area (Å²) >= 11 is 0. The molecule has 1 amide bonds. The van der Waals surface area contributed by atoms with Gasteiger partial charge in [0, 0.05) is 17.8 Å². The lowest BCUT2D eigenvalue weighted by atomic mass is 10.0. The van der Waals surface area contributed by atoms with Crippen LogP contribution in [0.1, 0.15) is 32.6 Å². The molecule has 2 fully saturated rings. The number of aliphatic hydroxyl groups excluding tert-OH is 1. The van der Waals surface area contributed by atoms with Crippen LogP contribution in [-0.2, 0) is 4.79 Å². The van der Waals surface area contributed by atoms with Crippen LogP contribution < -0.4 is 5.73 Å². The average molecular weight is 327 g/mol. The molecule has 1 atom stereocenters. The standard InChI is InChI=1S/C16H23F2N3O2/c1-10(2)8-20-12-5-3-4-11(12)14(19)15(23)21-7-6-13(22)16(17,18)9-21/h13,22H,1,3-9,19H2,2H3/b14-11-,20-12?. The van der Waals surface area contributed by atoms with Crippen molar-refractivity contribution in [2.75, 3.05) is 19.6 Å². The summed E-state index contributed by atoms with van der Waals surface area (Å²) in [6.45, 7) is 5.37. The smallest absolute Gasteiger partial charge is 0.290 e. The Labute approximate surface area is 134 Å². The third-order valence-electron chi connectivity index (χ3n) is 4.13. The van der Waals surface area contributed by atoms with Crippen molar-refractivity contribution >= 4 is 11.6 Å². The third kappa shape index (κ3) is 3.96. The minimum Gasteiger partial charge on any atom is -0.394 e. The fourth-order valence-corrected chi connectivity index (χ4v) is 2.82. The second-order valence-electron chi connectivity index (χ2n) is 6.26. The van der Waals surface area contributed by atoms with Crippen molar-refractivity contribution in [3.8, 4) is 0 Å². The first-order valence-electron chi connectivity index (χ1n) is 7.74. The zero-order chi connectivity index (χ0) is 17.2. The molecular formula is C16H23F2N3O2. The molecule has 0 aromatic rings. The maximum Gasteiger partial charge on any atom is 0.290 e. The molecule has 1 unspecified atom stereocenters. The van der Waals surface area contributed by atoms with Crippen LogP contribution >= 0.6 is 0 Å². The number of alkyl halides is 2. The highest BCUT2D eigenvalue weighted by Crippen LogP contribution is 2.29. The SMILES string of the molecule is C=C(C)CN=C1CCC/C1=C(/N)C(=O)N1CCC(O)C(F)(F)C1. The number of likely N-dealkylation sites (tertiary alicyclic amines) is 1. The topological polar surface area (TPSA) is 78.9 Å². The Kier molecular flexibility index (Phi) is 5.19. The van der Waals surface area contributed by atoms with Gasteiger partial charge in [0.2, 0.25) is 0 Å². The van der Waals surface area contributed by atoms with Gasteiger partial charge in [-0.2, -0.15) is 0 Å². The zero-order valence-electron chi connectivity index (χ0n) is 13.3. The largest absolute Gasteiger partial charge is 0.394 e. The molecule has 0 aromatic heterocycles. The number of hydrogen-bond donors (Lipinski definition) is 2. The molecule has 0 radical (unpaired) electrons. The minimum absolute atomic E-state index is 0.00449. The molecule has 0 spiro atoms. The molecule has 1 saturated carbocycles. The van der Waals surface area contributed by atoms with Crippen molar-refractivity contribution in [1.82, 2.24) is 4.90 Å². The molecular weight excluding hydrogens is 304 g/mol. The van der Waals surface area contributed by atoms with Crippen LogP contribution in [0.3, 0.4) is 0 Å². The first kappa shape index (κ1) is 17.6. The number of carbonyl (C=O) groups is 1. The molecule has 5 nitrogen and oxygen atoms in total. The quantitative estimate of drug-likeness (QED) is 0.611. The predicted octanol–water partition coefficient (Wildman–Crippen LogP) is 1.63. The van der Waals surface area contributed by atoms with E-state index in [9.17, 15) is 18.7 Å². The molecule has 1 heterocycles. The molecule has 2 rings (SSSR count). The molecule has 1 aliphatic carbocycles. The van der Waals surface area contributed by atoms with E-state index in [1.165, 1.54) is 0 Å². The number of aliphatic hydroxyl groups is 1. The van der Waals surface area contributed by atoms with E-state index in [2.05, 4.69) is 11.6 Å². The monoisotopic (exact) mass is 327 g/mol. The van der Waals surface area contributed by atoms with Gasteiger partial charge >= 0.3 is 0 Å². The molecule has 128 valence electrons. The number of halogens is 2. The predicted molar refractivity (Wildman–Crippen MR) is 84.3 cm³/mol. The van der Waals surface area contributed by atoms with Gasteiger partial charge < -0.3 is 15.7 Å². The van der Waals surface area contributed by atoms with Gasteiger partial charge in [0.1, 0.15) is 11.8 Å². The normalized spacial score (nSPS) is 28.1. The van der Waals surface area contributed by atoms with E-state index in [0.717, 1.165) is 29.0 Å².